The van der Waals surface area contributed by atoms with Gasteiger partial charge in [0.25, 0.3) is 0 Å². The quantitative estimate of drug-likeness (QED) is 0.586. The number of carbonyl (C=O) groups is 2. The van der Waals surface area contributed by atoms with Gasteiger partial charge in [0.1, 0.15) is 0 Å². The Morgan fingerprint density at radius 1 is 1.14 bits per heavy atom. The number of carbonyl (C=O) groups excluding carboxylic acids is 2. The van der Waals surface area contributed by atoms with E-state index in [1.54, 1.807) is 34.9 Å². The van der Waals surface area contributed by atoms with Gasteiger partial charge in [-0.3, -0.25) is 9.69 Å². The van der Waals surface area contributed by atoms with Crippen LogP contribution in [0, 0.1) is 6.92 Å². The van der Waals surface area contributed by atoms with E-state index >= 15 is 0 Å². The molecule has 2 heterocycles. The molecule has 1 aliphatic heterocycles. The summed E-state index contributed by atoms with van der Waals surface area (Å²) in [5.41, 5.74) is 2.04. The van der Waals surface area contributed by atoms with Crippen molar-refractivity contribution in [3.8, 4) is 0 Å². The first-order valence-corrected chi connectivity index (χ1v) is 11.3. The molecule has 5 nitrogen and oxygen atoms in total. The van der Waals surface area contributed by atoms with Crippen LogP contribution in [0.2, 0.25) is 0 Å². The van der Waals surface area contributed by atoms with Crippen LogP contribution in [0.5, 0.6) is 0 Å². The van der Waals surface area contributed by atoms with Crippen molar-refractivity contribution >= 4 is 46.3 Å². The van der Waals surface area contributed by atoms with Crippen LogP contribution in [0.4, 0.5) is 11.4 Å². The molecule has 0 N–H and O–H groups in total. The molecule has 0 atom stereocenters. The van der Waals surface area contributed by atoms with Crippen LogP contribution in [0.15, 0.2) is 33.4 Å². The Morgan fingerprint density at radius 3 is 2.54 bits per heavy atom. The average Bonchev–Trinajstić information content (AvgIpc) is 3.02. The third-order valence-corrected chi connectivity index (χ3v) is 7.16. The summed E-state index contributed by atoms with van der Waals surface area (Å²) in [5.74, 6) is -0.358. The Kier molecular flexibility index (Phi) is 6.80. The van der Waals surface area contributed by atoms with Crippen molar-refractivity contribution in [3.05, 3.63) is 34.7 Å². The second kappa shape index (κ2) is 9.11. The molecular formula is C21H26N2O3S2. The van der Waals surface area contributed by atoms with Crippen molar-refractivity contribution < 1.29 is 14.3 Å². The topological polar surface area (TPSA) is 49.9 Å². The fourth-order valence-corrected chi connectivity index (χ4v) is 5.90. The number of para-hydroxylation sites is 1. The first-order valence-electron chi connectivity index (χ1n) is 9.64. The standard InChI is InChI=1S/C21H26N2O3S2/c1-5-22(6-2)13-12-17(24)23-15-10-8-9-11-16(15)28-21-19(23)18(14(4)27-21)20(25)26-7-3/h8-11H,5-7,12-13H2,1-4H3. The van der Waals surface area contributed by atoms with Crippen LogP contribution in [-0.2, 0) is 9.53 Å². The summed E-state index contributed by atoms with van der Waals surface area (Å²) in [5, 5.41) is 0. The van der Waals surface area contributed by atoms with E-state index in [-0.39, 0.29) is 11.9 Å². The van der Waals surface area contributed by atoms with Crippen molar-refractivity contribution in [1.29, 1.82) is 0 Å². The Balaban J connectivity index is 2.04. The Labute approximate surface area is 174 Å². The SMILES string of the molecule is CCOC(=O)c1c(C)sc2c1N(C(=O)CCN(CC)CC)c1ccccc1S2. The molecule has 1 aromatic carbocycles. The van der Waals surface area contributed by atoms with E-state index in [0.717, 1.165) is 32.8 Å². The minimum Gasteiger partial charge on any atom is -0.462 e. The number of esters is 1. The molecule has 1 aromatic heterocycles. The van der Waals surface area contributed by atoms with Crippen LogP contribution >= 0.6 is 23.1 Å². The van der Waals surface area contributed by atoms with Gasteiger partial charge in [0.15, 0.2) is 0 Å². The Hall–Kier alpha value is -1.83. The highest BCUT2D eigenvalue weighted by molar-refractivity contribution is 8.01. The predicted molar refractivity (Wildman–Crippen MR) is 115 cm³/mol. The maximum Gasteiger partial charge on any atom is 0.341 e. The summed E-state index contributed by atoms with van der Waals surface area (Å²) in [4.78, 5) is 31.9. The molecular weight excluding hydrogens is 392 g/mol. The summed E-state index contributed by atoms with van der Waals surface area (Å²) < 4.78 is 6.26. The van der Waals surface area contributed by atoms with Crippen LogP contribution in [-0.4, -0.2) is 43.0 Å². The highest BCUT2D eigenvalue weighted by Gasteiger charge is 2.35. The van der Waals surface area contributed by atoms with Crippen LogP contribution in [0.1, 0.15) is 42.4 Å². The van der Waals surface area contributed by atoms with Gasteiger partial charge in [-0.2, -0.15) is 0 Å². The molecule has 2 aromatic rings. The number of ether oxygens (including phenoxy) is 1. The molecule has 1 amide bonds. The van der Waals surface area contributed by atoms with E-state index in [9.17, 15) is 9.59 Å². The lowest BCUT2D eigenvalue weighted by Gasteiger charge is -2.30. The first-order chi connectivity index (χ1) is 13.5. The number of thiophene rings is 1. The molecule has 0 bridgehead atoms. The smallest absolute Gasteiger partial charge is 0.341 e. The lowest BCUT2D eigenvalue weighted by molar-refractivity contribution is -0.118. The Bertz CT molecular complexity index is 875. The van der Waals surface area contributed by atoms with Gasteiger partial charge in [0, 0.05) is 22.7 Å². The third kappa shape index (κ3) is 3.97. The molecule has 1 aliphatic rings. The fraction of sp³-hybridized carbons (Fsp3) is 0.429. The molecule has 0 fully saturated rings. The summed E-state index contributed by atoms with van der Waals surface area (Å²) in [6.07, 6.45) is 0.400. The number of fused-ring (bicyclic) bond motifs is 2. The molecule has 0 unspecified atom stereocenters. The Morgan fingerprint density at radius 2 is 1.86 bits per heavy atom. The highest BCUT2D eigenvalue weighted by Crippen LogP contribution is 2.54. The number of aryl methyl sites for hydroxylation is 1. The number of benzene rings is 1. The molecule has 0 radical (unpaired) electrons. The maximum absolute atomic E-state index is 13.3. The molecule has 0 saturated heterocycles. The number of amides is 1. The van der Waals surface area contributed by atoms with E-state index in [1.807, 2.05) is 31.2 Å². The molecule has 28 heavy (non-hydrogen) atoms. The zero-order valence-corrected chi connectivity index (χ0v) is 18.4. The summed E-state index contributed by atoms with van der Waals surface area (Å²) in [6, 6.07) is 7.87. The predicted octanol–water partition coefficient (Wildman–Crippen LogP) is 5.09. The van der Waals surface area contributed by atoms with Crippen molar-refractivity contribution in [2.24, 2.45) is 0 Å². The van der Waals surface area contributed by atoms with Gasteiger partial charge in [-0.25, -0.2) is 4.79 Å². The molecule has 0 aliphatic carbocycles. The number of hydrogen-bond acceptors (Lipinski definition) is 6. The fourth-order valence-electron chi connectivity index (χ4n) is 3.34. The maximum atomic E-state index is 13.3. The van der Waals surface area contributed by atoms with Gasteiger partial charge in [-0.15, -0.1) is 11.3 Å². The first kappa shape index (κ1) is 20.9. The lowest BCUT2D eigenvalue weighted by atomic mass is 10.1. The van der Waals surface area contributed by atoms with Gasteiger partial charge >= 0.3 is 5.97 Å². The highest BCUT2D eigenvalue weighted by atomic mass is 32.2. The summed E-state index contributed by atoms with van der Waals surface area (Å²) in [6.45, 7) is 10.7. The van der Waals surface area contributed by atoms with E-state index in [0.29, 0.717) is 30.8 Å². The second-order valence-corrected chi connectivity index (χ2v) is 9.00. The van der Waals surface area contributed by atoms with Gasteiger partial charge in [0.2, 0.25) is 5.91 Å². The van der Waals surface area contributed by atoms with E-state index in [4.69, 9.17) is 4.74 Å². The molecule has 7 heteroatoms. The molecule has 3 rings (SSSR count). The average molecular weight is 419 g/mol. The van der Waals surface area contributed by atoms with Crippen molar-refractivity contribution in [2.75, 3.05) is 31.1 Å². The van der Waals surface area contributed by atoms with Crippen LogP contribution in [0.3, 0.4) is 0 Å². The second-order valence-electron chi connectivity index (χ2n) is 6.47. The summed E-state index contributed by atoms with van der Waals surface area (Å²) in [7, 11) is 0. The normalized spacial score (nSPS) is 12.7. The number of anilines is 2. The monoisotopic (exact) mass is 418 g/mol. The minimum atomic E-state index is -0.362. The van der Waals surface area contributed by atoms with Gasteiger partial charge in [-0.1, -0.05) is 37.7 Å². The third-order valence-electron chi connectivity index (χ3n) is 4.83. The molecule has 0 spiro atoms. The van der Waals surface area contributed by atoms with E-state index < -0.39 is 0 Å². The van der Waals surface area contributed by atoms with Crippen molar-refractivity contribution in [1.82, 2.24) is 4.90 Å². The van der Waals surface area contributed by atoms with Gasteiger partial charge in [0.05, 0.1) is 27.8 Å². The van der Waals surface area contributed by atoms with E-state index in [2.05, 4.69) is 18.7 Å². The van der Waals surface area contributed by atoms with Gasteiger partial charge in [-0.05, 0) is 39.1 Å². The van der Waals surface area contributed by atoms with Crippen LogP contribution in [0.25, 0.3) is 0 Å². The van der Waals surface area contributed by atoms with E-state index in [1.165, 1.54) is 0 Å². The minimum absolute atomic E-state index is 0.00393. The zero-order valence-electron chi connectivity index (χ0n) is 16.8. The van der Waals surface area contributed by atoms with Crippen LogP contribution < -0.4 is 4.90 Å². The molecule has 150 valence electrons. The van der Waals surface area contributed by atoms with Gasteiger partial charge < -0.3 is 9.64 Å². The summed E-state index contributed by atoms with van der Waals surface area (Å²) >= 11 is 3.16. The zero-order chi connectivity index (χ0) is 20.3. The van der Waals surface area contributed by atoms with Crippen molar-refractivity contribution in [3.63, 3.8) is 0 Å². The number of hydrogen-bond donors (Lipinski definition) is 0. The molecule has 0 saturated carbocycles. The lowest BCUT2D eigenvalue weighted by Crippen LogP contribution is -2.33. The largest absolute Gasteiger partial charge is 0.462 e. The number of nitrogens with zero attached hydrogens (tertiary/aromatic N) is 2. The number of rotatable bonds is 7. The van der Waals surface area contributed by atoms with Crippen molar-refractivity contribution in [2.45, 2.75) is 43.2 Å².